The van der Waals surface area contributed by atoms with Gasteiger partial charge in [-0.25, -0.2) is 0 Å². The number of amides is 1. The van der Waals surface area contributed by atoms with Crippen molar-refractivity contribution in [2.75, 3.05) is 11.9 Å². The average molecular weight is 339 g/mol. The van der Waals surface area contributed by atoms with Crippen LogP contribution in [0.1, 0.15) is 25.0 Å². The average Bonchev–Trinajstić information content (AvgIpc) is 2.25. The molecular weight excluding hydrogens is 321 g/mol. The Hall–Kier alpha value is -0.640. The summed E-state index contributed by atoms with van der Waals surface area (Å²) in [5.74, 6) is 0.584. The fourth-order valence-corrected chi connectivity index (χ4v) is 1.84. The summed E-state index contributed by atoms with van der Waals surface area (Å²) in [6.07, 6.45) is 0. The highest BCUT2D eigenvalue weighted by atomic mass is 35.6. The van der Waals surface area contributed by atoms with E-state index in [1.54, 1.807) is 12.1 Å². The topological polar surface area (TPSA) is 38.3 Å². The molecule has 112 valence electrons. The van der Waals surface area contributed by atoms with Gasteiger partial charge in [-0.2, -0.15) is 0 Å². The van der Waals surface area contributed by atoms with Crippen LogP contribution in [0, 0.1) is 19.8 Å². The third kappa shape index (κ3) is 5.04. The van der Waals surface area contributed by atoms with E-state index < -0.39 is 9.70 Å². The normalized spacial score (nSPS) is 11.6. The lowest BCUT2D eigenvalue weighted by atomic mass is 10.1. The highest BCUT2D eigenvalue weighted by Crippen LogP contribution is 2.31. The number of benzene rings is 1. The molecule has 3 nitrogen and oxygen atoms in total. The predicted octanol–water partition coefficient (Wildman–Crippen LogP) is 4.65. The Morgan fingerprint density at radius 1 is 1.25 bits per heavy atom. The summed E-state index contributed by atoms with van der Waals surface area (Å²) in [6, 6.07) is 3.58. The molecule has 0 aromatic heterocycles. The van der Waals surface area contributed by atoms with Gasteiger partial charge < -0.3 is 10.1 Å². The van der Waals surface area contributed by atoms with E-state index in [9.17, 15) is 4.79 Å². The van der Waals surface area contributed by atoms with Crippen molar-refractivity contribution in [1.29, 1.82) is 0 Å². The van der Waals surface area contributed by atoms with Crippen LogP contribution >= 0.6 is 34.8 Å². The molecule has 1 aromatic carbocycles. The number of ether oxygens (including phenoxy) is 1. The summed E-state index contributed by atoms with van der Waals surface area (Å²) in [5, 5.41) is 2.57. The van der Waals surface area contributed by atoms with E-state index in [1.807, 2.05) is 13.8 Å². The zero-order valence-corrected chi connectivity index (χ0v) is 14.2. The molecule has 6 heteroatoms. The first-order valence-corrected chi connectivity index (χ1v) is 7.37. The SMILES string of the molecule is Cc1cc(NC(=O)C(Cl)(Cl)Cl)cc(C)c1OCC(C)C. The van der Waals surface area contributed by atoms with Crippen molar-refractivity contribution in [1.82, 2.24) is 0 Å². The zero-order chi connectivity index (χ0) is 15.5. The monoisotopic (exact) mass is 337 g/mol. The second kappa shape index (κ2) is 6.88. The Bertz CT molecular complexity index is 473. The smallest absolute Gasteiger partial charge is 0.276 e. The second-order valence-corrected chi connectivity index (χ2v) is 7.38. The third-order valence-corrected chi connectivity index (χ3v) is 3.05. The van der Waals surface area contributed by atoms with Crippen molar-refractivity contribution in [2.45, 2.75) is 31.5 Å². The molecular formula is C14H18Cl3NO2. The number of carbonyl (C=O) groups excluding carboxylic acids is 1. The van der Waals surface area contributed by atoms with Crippen molar-refractivity contribution < 1.29 is 9.53 Å². The van der Waals surface area contributed by atoms with E-state index in [2.05, 4.69) is 19.2 Å². The van der Waals surface area contributed by atoms with Crippen LogP contribution in [-0.4, -0.2) is 16.3 Å². The minimum absolute atomic E-state index is 0.442. The van der Waals surface area contributed by atoms with Gasteiger partial charge >= 0.3 is 0 Å². The highest BCUT2D eigenvalue weighted by molar-refractivity contribution is 6.76. The van der Waals surface area contributed by atoms with Crippen LogP contribution in [0.3, 0.4) is 0 Å². The Morgan fingerprint density at radius 3 is 2.15 bits per heavy atom. The molecule has 0 saturated carbocycles. The summed E-state index contributed by atoms with van der Waals surface area (Å²) in [6.45, 7) is 8.63. The predicted molar refractivity (Wildman–Crippen MR) is 85.2 cm³/mol. The van der Waals surface area contributed by atoms with Gasteiger partial charge in [-0.15, -0.1) is 0 Å². The Balaban J connectivity index is 2.91. The lowest BCUT2D eigenvalue weighted by molar-refractivity contribution is -0.115. The van der Waals surface area contributed by atoms with Crippen LogP contribution < -0.4 is 10.1 Å². The standard InChI is InChI=1S/C14H18Cl3NO2/c1-8(2)7-20-12-9(3)5-11(6-10(12)4)18-13(19)14(15,16)17/h5-6,8H,7H2,1-4H3,(H,18,19). The van der Waals surface area contributed by atoms with Crippen molar-refractivity contribution in [3.8, 4) is 5.75 Å². The van der Waals surface area contributed by atoms with Crippen LogP contribution in [0.5, 0.6) is 5.75 Å². The minimum Gasteiger partial charge on any atom is -0.493 e. The van der Waals surface area contributed by atoms with Gasteiger partial charge in [-0.05, 0) is 43.0 Å². The summed E-state index contributed by atoms with van der Waals surface area (Å²) < 4.78 is 3.79. The molecule has 1 N–H and O–H groups in total. The number of nitrogens with one attached hydrogen (secondary N) is 1. The molecule has 0 saturated heterocycles. The lowest BCUT2D eigenvalue weighted by Gasteiger charge is -2.17. The highest BCUT2D eigenvalue weighted by Gasteiger charge is 2.30. The van der Waals surface area contributed by atoms with E-state index in [0.29, 0.717) is 18.2 Å². The lowest BCUT2D eigenvalue weighted by Crippen LogP contribution is -2.27. The molecule has 1 amide bonds. The fourth-order valence-electron chi connectivity index (χ4n) is 1.70. The summed E-state index contributed by atoms with van der Waals surface area (Å²) in [7, 11) is 0. The van der Waals surface area contributed by atoms with Gasteiger partial charge in [0.25, 0.3) is 9.70 Å². The van der Waals surface area contributed by atoms with Gasteiger partial charge in [0, 0.05) is 5.69 Å². The number of halogens is 3. The number of rotatable bonds is 4. The van der Waals surface area contributed by atoms with Crippen LogP contribution in [0.25, 0.3) is 0 Å². The van der Waals surface area contributed by atoms with Gasteiger partial charge in [0.2, 0.25) is 0 Å². The molecule has 1 aromatic rings. The van der Waals surface area contributed by atoms with Crippen molar-refractivity contribution in [2.24, 2.45) is 5.92 Å². The third-order valence-electron chi connectivity index (χ3n) is 2.54. The molecule has 0 aliphatic rings. The van der Waals surface area contributed by atoms with E-state index in [0.717, 1.165) is 16.9 Å². The Kier molecular flexibility index (Phi) is 5.99. The van der Waals surface area contributed by atoms with Crippen LogP contribution in [-0.2, 0) is 4.79 Å². The molecule has 0 radical (unpaired) electrons. The van der Waals surface area contributed by atoms with Gasteiger partial charge in [-0.3, -0.25) is 4.79 Å². The van der Waals surface area contributed by atoms with Gasteiger partial charge in [0.05, 0.1) is 6.61 Å². The fraction of sp³-hybridized carbons (Fsp3) is 0.500. The summed E-state index contributed by atoms with van der Waals surface area (Å²) in [5.41, 5.74) is 2.42. The Morgan fingerprint density at radius 2 is 1.75 bits per heavy atom. The number of anilines is 1. The first-order chi connectivity index (χ1) is 9.11. The quantitative estimate of drug-likeness (QED) is 0.812. The molecule has 1 rings (SSSR count). The van der Waals surface area contributed by atoms with Gasteiger partial charge in [0.1, 0.15) is 5.75 Å². The number of aryl methyl sites for hydroxylation is 2. The van der Waals surface area contributed by atoms with E-state index in [4.69, 9.17) is 39.5 Å². The molecule has 0 spiro atoms. The molecule has 0 bridgehead atoms. The maximum atomic E-state index is 11.6. The maximum Gasteiger partial charge on any atom is 0.276 e. The molecule has 0 fully saturated rings. The van der Waals surface area contributed by atoms with Gasteiger partial charge in [0.15, 0.2) is 0 Å². The van der Waals surface area contributed by atoms with E-state index in [1.165, 1.54) is 0 Å². The molecule has 0 aliphatic carbocycles. The first-order valence-electron chi connectivity index (χ1n) is 6.23. The number of hydrogen-bond acceptors (Lipinski definition) is 2. The van der Waals surface area contributed by atoms with Crippen molar-refractivity contribution in [3.63, 3.8) is 0 Å². The number of hydrogen-bond donors (Lipinski definition) is 1. The van der Waals surface area contributed by atoms with Gasteiger partial charge in [-0.1, -0.05) is 48.7 Å². The van der Waals surface area contributed by atoms with E-state index >= 15 is 0 Å². The van der Waals surface area contributed by atoms with Crippen molar-refractivity contribution >= 4 is 46.4 Å². The largest absolute Gasteiger partial charge is 0.493 e. The second-order valence-electron chi connectivity index (χ2n) is 5.10. The van der Waals surface area contributed by atoms with E-state index in [-0.39, 0.29) is 0 Å². The molecule has 0 unspecified atom stereocenters. The van der Waals surface area contributed by atoms with Crippen LogP contribution in [0.4, 0.5) is 5.69 Å². The molecule has 0 atom stereocenters. The molecule has 0 aliphatic heterocycles. The minimum atomic E-state index is -1.98. The van der Waals surface area contributed by atoms with Crippen LogP contribution in [0.15, 0.2) is 12.1 Å². The maximum absolute atomic E-state index is 11.6. The molecule has 0 heterocycles. The summed E-state index contributed by atoms with van der Waals surface area (Å²) >= 11 is 16.6. The van der Waals surface area contributed by atoms with Crippen LogP contribution in [0.2, 0.25) is 0 Å². The first kappa shape index (κ1) is 17.4. The summed E-state index contributed by atoms with van der Waals surface area (Å²) in [4.78, 5) is 11.6. The number of alkyl halides is 3. The number of carbonyl (C=O) groups is 1. The zero-order valence-electron chi connectivity index (χ0n) is 11.9. The Labute approximate surface area is 134 Å². The molecule has 20 heavy (non-hydrogen) atoms. The van der Waals surface area contributed by atoms with Crippen molar-refractivity contribution in [3.05, 3.63) is 23.3 Å².